The van der Waals surface area contributed by atoms with Crippen LogP contribution in [-0.4, -0.2) is 18.1 Å². The quantitative estimate of drug-likeness (QED) is 0.810. The Kier molecular flexibility index (Phi) is 4.65. The molecule has 0 radical (unpaired) electrons. The highest BCUT2D eigenvalue weighted by atomic mass is 19.4. The zero-order valence-electron chi connectivity index (χ0n) is 12.0. The molecule has 0 saturated carbocycles. The van der Waals surface area contributed by atoms with Gasteiger partial charge in [0.2, 0.25) is 0 Å². The zero-order valence-corrected chi connectivity index (χ0v) is 12.0. The van der Waals surface area contributed by atoms with E-state index in [2.05, 4.69) is 9.72 Å². The maximum Gasteiger partial charge on any atom is 0.416 e. The summed E-state index contributed by atoms with van der Waals surface area (Å²) >= 11 is 0. The molecule has 7 heteroatoms. The molecule has 0 N–H and O–H groups in total. The number of halogens is 3. The van der Waals surface area contributed by atoms with E-state index in [0.717, 1.165) is 12.1 Å². The molecule has 0 bridgehead atoms. The number of hydrogen-bond donors (Lipinski definition) is 0. The highest BCUT2D eigenvalue weighted by Crippen LogP contribution is 2.31. The van der Waals surface area contributed by atoms with Gasteiger partial charge in [0.25, 0.3) is 0 Å². The number of hydrogen-bond acceptors (Lipinski definition) is 4. The Hall–Kier alpha value is -2.88. The van der Waals surface area contributed by atoms with Crippen molar-refractivity contribution in [2.24, 2.45) is 0 Å². The summed E-state index contributed by atoms with van der Waals surface area (Å²) in [7, 11) is 1.20. The maximum atomic E-state index is 12.6. The first-order valence-corrected chi connectivity index (χ1v) is 6.48. The van der Waals surface area contributed by atoms with Gasteiger partial charge in [-0.2, -0.15) is 18.4 Å². The number of methoxy groups -OCH3 is 1. The molecule has 0 aliphatic heterocycles. The summed E-state index contributed by atoms with van der Waals surface area (Å²) in [5.74, 6) is -0.672. The van der Waals surface area contributed by atoms with Crippen LogP contribution in [0.15, 0.2) is 36.5 Å². The number of carbonyl (C=O) groups excluding carboxylic acids is 1. The number of benzene rings is 1. The van der Waals surface area contributed by atoms with Crippen LogP contribution in [0.1, 0.15) is 21.6 Å². The molecule has 0 aliphatic rings. The first kappa shape index (κ1) is 16.5. The molecule has 2 rings (SSSR count). The first-order valence-electron chi connectivity index (χ1n) is 6.48. The Morgan fingerprint density at radius 2 is 1.91 bits per heavy atom. The van der Waals surface area contributed by atoms with Gasteiger partial charge < -0.3 is 4.74 Å². The van der Waals surface area contributed by atoms with Crippen LogP contribution in [-0.2, 0) is 17.3 Å². The molecule has 0 atom stereocenters. The number of rotatable bonds is 3. The summed E-state index contributed by atoms with van der Waals surface area (Å²) in [6.45, 7) is 0. The van der Waals surface area contributed by atoms with E-state index in [0.29, 0.717) is 16.7 Å². The highest BCUT2D eigenvalue weighted by Gasteiger charge is 2.30. The molecule has 118 valence electrons. The molecule has 0 saturated heterocycles. The number of esters is 1. The number of nitrogens with zero attached hydrogens (tertiary/aromatic N) is 2. The fraction of sp³-hybridized carbons (Fsp3) is 0.188. The predicted molar refractivity (Wildman–Crippen MR) is 75.3 cm³/mol. The molecule has 0 amide bonds. The topological polar surface area (TPSA) is 63.0 Å². The van der Waals surface area contributed by atoms with Gasteiger partial charge in [0.15, 0.2) is 5.69 Å². The van der Waals surface area contributed by atoms with Gasteiger partial charge in [0.1, 0.15) is 0 Å². The van der Waals surface area contributed by atoms with Crippen molar-refractivity contribution in [3.8, 4) is 17.2 Å². The van der Waals surface area contributed by atoms with E-state index < -0.39 is 17.7 Å². The number of aromatic nitrogens is 1. The lowest BCUT2D eigenvalue weighted by molar-refractivity contribution is -0.137. The van der Waals surface area contributed by atoms with E-state index >= 15 is 0 Å². The summed E-state index contributed by atoms with van der Waals surface area (Å²) in [6.07, 6.45) is -3.11. The van der Waals surface area contributed by atoms with Crippen molar-refractivity contribution in [3.63, 3.8) is 0 Å². The third-order valence-electron chi connectivity index (χ3n) is 3.16. The largest absolute Gasteiger partial charge is 0.464 e. The van der Waals surface area contributed by atoms with Gasteiger partial charge in [-0.25, -0.2) is 9.78 Å². The van der Waals surface area contributed by atoms with Crippen LogP contribution < -0.4 is 0 Å². The van der Waals surface area contributed by atoms with Gasteiger partial charge in [0.05, 0.1) is 25.2 Å². The Balaban J connectivity index is 2.42. The minimum Gasteiger partial charge on any atom is -0.464 e. The second-order valence-electron chi connectivity index (χ2n) is 4.63. The molecule has 2 aromatic rings. The van der Waals surface area contributed by atoms with Crippen molar-refractivity contribution < 1.29 is 22.7 Å². The van der Waals surface area contributed by atoms with Crippen molar-refractivity contribution in [3.05, 3.63) is 53.3 Å². The van der Waals surface area contributed by atoms with Crippen LogP contribution in [0.2, 0.25) is 0 Å². The minimum absolute atomic E-state index is 0.0183. The van der Waals surface area contributed by atoms with E-state index in [1.807, 2.05) is 6.07 Å². The first-order chi connectivity index (χ1) is 10.9. The van der Waals surface area contributed by atoms with Gasteiger partial charge in [-0.05, 0) is 29.3 Å². The lowest BCUT2D eigenvalue weighted by Crippen LogP contribution is -2.08. The standard InChI is InChI=1S/C16H11F3N2O2/c1-23-15(22)14-11(6-7-20)8-12(9-21-14)10-2-4-13(5-3-10)16(17,18)19/h2-5,8-9H,6H2,1H3. The molecule has 0 fully saturated rings. The number of carbonyl (C=O) groups is 1. The van der Waals surface area contributed by atoms with Gasteiger partial charge in [-0.15, -0.1) is 0 Å². The molecule has 0 aliphatic carbocycles. The van der Waals surface area contributed by atoms with Gasteiger partial charge in [-0.3, -0.25) is 0 Å². The normalized spacial score (nSPS) is 10.9. The van der Waals surface area contributed by atoms with Crippen molar-refractivity contribution in [2.45, 2.75) is 12.6 Å². The molecule has 23 heavy (non-hydrogen) atoms. The minimum atomic E-state index is -4.41. The van der Waals surface area contributed by atoms with E-state index in [-0.39, 0.29) is 12.1 Å². The number of alkyl halides is 3. The van der Waals surface area contributed by atoms with E-state index in [4.69, 9.17) is 5.26 Å². The molecule has 1 heterocycles. The predicted octanol–water partition coefficient (Wildman–Crippen LogP) is 3.62. The van der Waals surface area contributed by atoms with Crippen molar-refractivity contribution in [1.29, 1.82) is 5.26 Å². The fourth-order valence-corrected chi connectivity index (χ4v) is 2.02. The number of nitriles is 1. The maximum absolute atomic E-state index is 12.6. The third-order valence-corrected chi connectivity index (χ3v) is 3.16. The monoisotopic (exact) mass is 320 g/mol. The molecule has 1 aromatic carbocycles. The smallest absolute Gasteiger partial charge is 0.416 e. The molecule has 0 spiro atoms. The van der Waals surface area contributed by atoms with Crippen LogP contribution in [0.25, 0.3) is 11.1 Å². The van der Waals surface area contributed by atoms with Crippen LogP contribution in [0, 0.1) is 11.3 Å². The molecule has 1 aromatic heterocycles. The zero-order chi connectivity index (χ0) is 17.0. The lowest BCUT2D eigenvalue weighted by atomic mass is 10.0. The Morgan fingerprint density at radius 1 is 1.26 bits per heavy atom. The van der Waals surface area contributed by atoms with Gasteiger partial charge >= 0.3 is 12.1 Å². The van der Waals surface area contributed by atoms with E-state index in [1.165, 1.54) is 25.4 Å². The summed E-state index contributed by atoms with van der Waals surface area (Å²) in [4.78, 5) is 15.6. The van der Waals surface area contributed by atoms with E-state index in [9.17, 15) is 18.0 Å². The summed E-state index contributed by atoms with van der Waals surface area (Å²) in [5, 5.41) is 8.83. The summed E-state index contributed by atoms with van der Waals surface area (Å²) < 4.78 is 42.3. The van der Waals surface area contributed by atoms with Gasteiger partial charge in [-0.1, -0.05) is 12.1 Å². The molecule has 0 unspecified atom stereocenters. The average molecular weight is 320 g/mol. The molecule has 4 nitrogen and oxygen atoms in total. The highest BCUT2D eigenvalue weighted by molar-refractivity contribution is 5.89. The fourth-order valence-electron chi connectivity index (χ4n) is 2.02. The SMILES string of the molecule is COC(=O)c1ncc(-c2ccc(C(F)(F)F)cc2)cc1CC#N. The lowest BCUT2D eigenvalue weighted by Gasteiger charge is -2.09. The van der Waals surface area contributed by atoms with Crippen LogP contribution in [0.4, 0.5) is 13.2 Å². The number of ether oxygens (including phenoxy) is 1. The van der Waals surface area contributed by atoms with Crippen molar-refractivity contribution in [2.75, 3.05) is 7.11 Å². The van der Waals surface area contributed by atoms with Crippen molar-refractivity contribution >= 4 is 5.97 Å². The van der Waals surface area contributed by atoms with Crippen molar-refractivity contribution in [1.82, 2.24) is 4.98 Å². The molecular weight excluding hydrogens is 309 g/mol. The second-order valence-corrected chi connectivity index (χ2v) is 4.63. The Bertz CT molecular complexity index is 762. The van der Waals surface area contributed by atoms with Crippen LogP contribution >= 0.6 is 0 Å². The van der Waals surface area contributed by atoms with Gasteiger partial charge in [0, 0.05) is 11.8 Å². The van der Waals surface area contributed by atoms with Crippen LogP contribution in [0.5, 0.6) is 0 Å². The second kappa shape index (κ2) is 6.48. The molecular formula is C16H11F3N2O2. The van der Waals surface area contributed by atoms with E-state index in [1.54, 1.807) is 6.07 Å². The third kappa shape index (κ3) is 3.66. The average Bonchev–Trinajstić information content (AvgIpc) is 2.54. The number of pyridine rings is 1. The Labute approximate surface area is 130 Å². The summed E-state index contributed by atoms with van der Waals surface area (Å²) in [6, 6.07) is 8.02. The Morgan fingerprint density at radius 3 is 2.43 bits per heavy atom. The summed E-state index contributed by atoms with van der Waals surface area (Å²) in [5.41, 5.74) is 0.636. The van der Waals surface area contributed by atoms with Crippen LogP contribution in [0.3, 0.4) is 0 Å².